The molecule has 0 heterocycles. The number of nitrogens with zero attached hydrogens (tertiary/aromatic N) is 1. The minimum absolute atomic E-state index is 0.0288. The number of sulfonamides is 1. The van der Waals surface area contributed by atoms with Gasteiger partial charge in [-0.15, -0.1) is 0 Å². The van der Waals surface area contributed by atoms with E-state index in [1.807, 2.05) is 0 Å². The highest BCUT2D eigenvalue weighted by Gasteiger charge is 2.23. The quantitative estimate of drug-likeness (QED) is 0.722. The van der Waals surface area contributed by atoms with Crippen LogP contribution in [0.3, 0.4) is 0 Å². The Morgan fingerprint density at radius 1 is 1.04 bits per heavy atom. The molecule has 0 unspecified atom stereocenters. The first-order valence-corrected chi connectivity index (χ1v) is 9.91. The number of carbonyl (C=O) groups is 1. The summed E-state index contributed by atoms with van der Waals surface area (Å²) in [6.07, 6.45) is 0. The van der Waals surface area contributed by atoms with E-state index in [1.54, 1.807) is 31.2 Å². The molecule has 0 fully saturated rings. The van der Waals surface area contributed by atoms with E-state index in [0.29, 0.717) is 23.8 Å². The molecule has 1 amide bonds. The van der Waals surface area contributed by atoms with Crippen LogP contribution in [-0.4, -0.2) is 53.6 Å². The van der Waals surface area contributed by atoms with Crippen molar-refractivity contribution in [2.24, 2.45) is 0 Å². The van der Waals surface area contributed by atoms with E-state index in [1.165, 1.54) is 40.4 Å². The van der Waals surface area contributed by atoms with Crippen LogP contribution in [0.1, 0.15) is 17.3 Å². The Labute approximate surface area is 165 Å². The normalized spacial score (nSPS) is 11.2. The van der Waals surface area contributed by atoms with Gasteiger partial charge in [0.1, 0.15) is 22.1 Å². The van der Waals surface area contributed by atoms with Gasteiger partial charge in [0.2, 0.25) is 10.0 Å². The van der Waals surface area contributed by atoms with Crippen molar-refractivity contribution < 1.29 is 27.4 Å². The molecule has 0 radical (unpaired) electrons. The van der Waals surface area contributed by atoms with E-state index in [0.717, 1.165) is 4.31 Å². The van der Waals surface area contributed by atoms with Crippen molar-refractivity contribution in [2.75, 3.05) is 40.2 Å². The Kier molecular flexibility index (Phi) is 6.87. The first-order valence-electron chi connectivity index (χ1n) is 8.47. The Morgan fingerprint density at radius 2 is 1.75 bits per heavy atom. The van der Waals surface area contributed by atoms with Gasteiger partial charge in [-0.2, -0.15) is 0 Å². The van der Waals surface area contributed by atoms with Crippen molar-refractivity contribution in [2.45, 2.75) is 11.8 Å². The lowest BCUT2D eigenvalue weighted by Crippen LogP contribution is -2.23. The van der Waals surface area contributed by atoms with Crippen LogP contribution in [0.2, 0.25) is 0 Å². The number of ether oxygens (including phenoxy) is 3. The third-order valence-electron chi connectivity index (χ3n) is 3.91. The van der Waals surface area contributed by atoms with Crippen LogP contribution in [0.5, 0.6) is 17.2 Å². The molecule has 0 spiro atoms. The van der Waals surface area contributed by atoms with Crippen molar-refractivity contribution in [1.29, 1.82) is 0 Å². The summed E-state index contributed by atoms with van der Waals surface area (Å²) in [5, 5.41) is 2.69. The molecule has 0 saturated heterocycles. The fraction of sp³-hybridized carbons (Fsp3) is 0.316. The maximum Gasteiger partial charge on any atom is 0.259 e. The van der Waals surface area contributed by atoms with E-state index < -0.39 is 15.9 Å². The third kappa shape index (κ3) is 4.55. The van der Waals surface area contributed by atoms with E-state index in [4.69, 9.17) is 14.2 Å². The molecule has 28 heavy (non-hydrogen) atoms. The summed E-state index contributed by atoms with van der Waals surface area (Å²) in [6, 6.07) is 9.26. The maximum absolute atomic E-state index is 12.7. The fourth-order valence-corrected chi connectivity index (χ4v) is 3.49. The van der Waals surface area contributed by atoms with E-state index in [2.05, 4.69) is 5.32 Å². The SMILES string of the molecule is CCOc1ccc(NC(=O)c2ccc(OC)cc2OC)cc1S(=O)(=O)N(C)C. The maximum atomic E-state index is 12.7. The van der Waals surface area contributed by atoms with Gasteiger partial charge < -0.3 is 19.5 Å². The molecule has 1 N–H and O–H groups in total. The number of anilines is 1. The minimum atomic E-state index is -3.76. The van der Waals surface area contributed by atoms with Crippen molar-refractivity contribution in [3.05, 3.63) is 42.0 Å². The van der Waals surface area contributed by atoms with Crippen molar-refractivity contribution in [1.82, 2.24) is 4.31 Å². The molecular formula is C19H24N2O6S. The zero-order valence-electron chi connectivity index (χ0n) is 16.5. The van der Waals surface area contributed by atoms with Crippen LogP contribution in [0, 0.1) is 0 Å². The summed E-state index contributed by atoms with van der Waals surface area (Å²) >= 11 is 0. The smallest absolute Gasteiger partial charge is 0.259 e. The Balaban J connectivity index is 2.40. The molecule has 0 aliphatic heterocycles. The molecule has 0 aliphatic carbocycles. The molecule has 2 rings (SSSR count). The zero-order chi connectivity index (χ0) is 20.9. The highest BCUT2D eigenvalue weighted by molar-refractivity contribution is 7.89. The number of hydrogen-bond acceptors (Lipinski definition) is 6. The number of benzene rings is 2. The molecule has 2 aromatic carbocycles. The van der Waals surface area contributed by atoms with Crippen LogP contribution in [0.4, 0.5) is 5.69 Å². The molecule has 2 aromatic rings. The molecule has 0 bridgehead atoms. The van der Waals surface area contributed by atoms with Gasteiger partial charge in [0.25, 0.3) is 5.91 Å². The van der Waals surface area contributed by atoms with Crippen LogP contribution in [-0.2, 0) is 10.0 Å². The molecule has 8 nitrogen and oxygen atoms in total. The van der Waals surface area contributed by atoms with Crippen LogP contribution >= 0.6 is 0 Å². The molecule has 152 valence electrons. The first-order chi connectivity index (χ1) is 13.2. The summed E-state index contributed by atoms with van der Waals surface area (Å²) in [5.41, 5.74) is 0.598. The fourth-order valence-electron chi connectivity index (χ4n) is 2.44. The van der Waals surface area contributed by atoms with Crippen molar-refractivity contribution in [3.63, 3.8) is 0 Å². The monoisotopic (exact) mass is 408 g/mol. The average Bonchev–Trinajstić information content (AvgIpc) is 2.68. The summed E-state index contributed by atoms with van der Waals surface area (Å²) < 4.78 is 42.1. The third-order valence-corrected chi connectivity index (χ3v) is 5.75. The van der Waals surface area contributed by atoms with Crippen molar-refractivity contribution >= 4 is 21.6 Å². The average molecular weight is 408 g/mol. The minimum Gasteiger partial charge on any atom is -0.497 e. The van der Waals surface area contributed by atoms with Gasteiger partial charge in [-0.3, -0.25) is 4.79 Å². The standard InChI is InChI=1S/C19H24N2O6S/c1-6-27-16-10-7-13(11-18(16)28(23,24)21(2)3)20-19(22)15-9-8-14(25-4)12-17(15)26-5/h7-12H,6H2,1-5H3,(H,20,22). The molecule has 0 atom stereocenters. The van der Waals surface area contributed by atoms with E-state index in [9.17, 15) is 13.2 Å². The number of amides is 1. The second-order valence-corrected chi connectivity index (χ2v) is 8.02. The lowest BCUT2D eigenvalue weighted by atomic mass is 10.1. The number of rotatable bonds is 8. The van der Waals surface area contributed by atoms with E-state index >= 15 is 0 Å². The number of methoxy groups -OCH3 is 2. The van der Waals surface area contributed by atoms with Gasteiger partial charge in [-0.05, 0) is 37.3 Å². The lowest BCUT2D eigenvalue weighted by molar-refractivity contribution is 0.102. The summed E-state index contributed by atoms with van der Waals surface area (Å²) in [5.74, 6) is 0.658. The summed E-state index contributed by atoms with van der Waals surface area (Å²) in [6.45, 7) is 2.07. The zero-order valence-corrected chi connectivity index (χ0v) is 17.3. The van der Waals surface area contributed by atoms with Gasteiger partial charge in [0.15, 0.2) is 0 Å². The predicted molar refractivity (Wildman–Crippen MR) is 106 cm³/mol. The Bertz CT molecular complexity index is 957. The lowest BCUT2D eigenvalue weighted by Gasteiger charge is -2.17. The summed E-state index contributed by atoms with van der Waals surface area (Å²) in [4.78, 5) is 12.6. The first kappa shape index (κ1) is 21.5. The summed E-state index contributed by atoms with van der Waals surface area (Å²) in [7, 11) is 2.06. The number of carbonyl (C=O) groups excluding carboxylic acids is 1. The molecule has 0 aromatic heterocycles. The Hall–Kier alpha value is -2.78. The molecular weight excluding hydrogens is 384 g/mol. The molecule has 9 heteroatoms. The highest BCUT2D eigenvalue weighted by atomic mass is 32.2. The topological polar surface area (TPSA) is 94.2 Å². The van der Waals surface area contributed by atoms with Crippen LogP contribution in [0.15, 0.2) is 41.3 Å². The highest BCUT2D eigenvalue weighted by Crippen LogP contribution is 2.30. The van der Waals surface area contributed by atoms with Crippen LogP contribution in [0.25, 0.3) is 0 Å². The Morgan fingerprint density at radius 3 is 2.32 bits per heavy atom. The van der Waals surface area contributed by atoms with Gasteiger partial charge in [-0.25, -0.2) is 12.7 Å². The second-order valence-electron chi connectivity index (χ2n) is 5.90. The van der Waals surface area contributed by atoms with Crippen LogP contribution < -0.4 is 19.5 Å². The van der Waals surface area contributed by atoms with Gasteiger partial charge in [0.05, 0.1) is 26.4 Å². The molecule has 0 aliphatic rings. The van der Waals surface area contributed by atoms with Gasteiger partial charge in [0, 0.05) is 25.8 Å². The van der Waals surface area contributed by atoms with Crippen molar-refractivity contribution in [3.8, 4) is 17.2 Å². The number of nitrogens with one attached hydrogen (secondary N) is 1. The largest absolute Gasteiger partial charge is 0.497 e. The predicted octanol–water partition coefficient (Wildman–Crippen LogP) is 2.61. The second kappa shape index (κ2) is 8.94. The van der Waals surface area contributed by atoms with E-state index in [-0.39, 0.29) is 16.2 Å². The van der Waals surface area contributed by atoms with Gasteiger partial charge in [-0.1, -0.05) is 0 Å². The van der Waals surface area contributed by atoms with Gasteiger partial charge >= 0.3 is 0 Å². The number of hydrogen-bond donors (Lipinski definition) is 1. The molecule has 0 saturated carbocycles.